The van der Waals surface area contributed by atoms with Crippen molar-refractivity contribution in [1.82, 2.24) is 14.8 Å². The molecular weight excluding hydrogens is 429 g/mol. The van der Waals surface area contributed by atoms with Gasteiger partial charge in [0.15, 0.2) is 0 Å². The van der Waals surface area contributed by atoms with E-state index in [1.54, 1.807) is 18.2 Å². The number of hydrogen-bond acceptors (Lipinski definition) is 5. The Morgan fingerprint density at radius 2 is 1.41 bits per heavy atom. The van der Waals surface area contributed by atoms with E-state index in [9.17, 15) is 9.18 Å². The van der Waals surface area contributed by atoms with Crippen LogP contribution in [0.4, 0.5) is 16.3 Å². The Morgan fingerprint density at radius 3 is 2.00 bits per heavy atom. The number of carbonyl (C=O) groups excluding carboxylic acids is 1. The van der Waals surface area contributed by atoms with Gasteiger partial charge in [0.25, 0.3) is 5.91 Å². The highest BCUT2D eigenvalue weighted by Gasteiger charge is 2.14. The van der Waals surface area contributed by atoms with Crippen molar-refractivity contribution in [2.75, 3.05) is 10.6 Å². The van der Waals surface area contributed by atoms with Crippen LogP contribution in [0.5, 0.6) is 0 Å². The molecule has 0 atom stereocenters. The number of rotatable bonds is 8. The molecule has 34 heavy (non-hydrogen) atoms. The van der Waals surface area contributed by atoms with Crippen LogP contribution in [0, 0.1) is 19.7 Å². The van der Waals surface area contributed by atoms with Gasteiger partial charge in [-0.2, -0.15) is 9.67 Å². The molecule has 0 radical (unpaired) electrons. The van der Waals surface area contributed by atoms with Gasteiger partial charge in [-0.15, -0.1) is 5.10 Å². The Kier molecular flexibility index (Phi) is 7.13. The highest BCUT2D eigenvalue weighted by molar-refractivity contribution is 5.94. The van der Waals surface area contributed by atoms with Gasteiger partial charge >= 0.3 is 0 Å². The molecule has 1 heterocycles. The first-order valence-electron chi connectivity index (χ1n) is 11.0. The summed E-state index contributed by atoms with van der Waals surface area (Å²) >= 11 is 0. The van der Waals surface area contributed by atoms with Gasteiger partial charge < -0.3 is 10.6 Å². The number of aromatic nitrogens is 3. The lowest BCUT2D eigenvalue weighted by Gasteiger charge is -2.06. The minimum absolute atomic E-state index is 0.327. The lowest BCUT2D eigenvalue weighted by atomic mass is 10.1. The first-order valence-corrected chi connectivity index (χ1v) is 11.0. The summed E-state index contributed by atoms with van der Waals surface area (Å²) in [6.07, 6.45) is 3.01. The summed E-state index contributed by atoms with van der Waals surface area (Å²) in [4.78, 5) is 17.4. The molecule has 0 aliphatic heterocycles. The maximum Gasteiger partial charge on any atom is 0.274 e. The van der Waals surface area contributed by atoms with Crippen molar-refractivity contribution in [3.8, 4) is 0 Å². The van der Waals surface area contributed by atoms with Crippen LogP contribution < -0.4 is 10.6 Å². The molecule has 0 unspecified atom stereocenters. The fourth-order valence-corrected chi connectivity index (χ4v) is 3.24. The molecule has 0 saturated heterocycles. The van der Waals surface area contributed by atoms with Crippen LogP contribution >= 0.6 is 0 Å². The Morgan fingerprint density at radius 1 is 0.853 bits per heavy atom. The van der Waals surface area contributed by atoms with Gasteiger partial charge in [0.05, 0.1) is 0 Å². The molecule has 4 aromatic rings. The van der Waals surface area contributed by atoms with Crippen LogP contribution in [0.3, 0.4) is 0 Å². The second-order valence-electron chi connectivity index (χ2n) is 8.07. The molecule has 0 bridgehead atoms. The van der Waals surface area contributed by atoms with Crippen molar-refractivity contribution < 1.29 is 9.18 Å². The zero-order valence-electron chi connectivity index (χ0n) is 19.1. The molecule has 0 fully saturated rings. The molecule has 6 nitrogen and oxygen atoms in total. The van der Waals surface area contributed by atoms with E-state index < -0.39 is 0 Å². The fourth-order valence-electron chi connectivity index (χ4n) is 3.24. The summed E-state index contributed by atoms with van der Waals surface area (Å²) in [6.45, 7) is 5.09. The summed E-state index contributed by atoms with van der Waals surface area (Å²) in [5.74, 6) is -0.0190. The number of carbonyl (C=O) groups is 1. The summed E-state index contributed by atoms with van der Waals surface area (Å²) in [5, 5.41) is 10.8. The lowest BCUT2D eigenvalue weighted by molar-refractivity contribution is 0.0957. The second kappa shape index (κ2) is 10.6. The molecule has 7 heteroatoms. The molecule has 1 aromatic heterocycles. The number of allylic oxidation sites excluding steroid dienone is 1. The van der Waals surface area contributed by atoms with Crippen LogP contribution in [-0.2, 0) is 13.1 Å². The molecule has 2 N–H and O–H groups in total. The fraction of sp³-hybridized carbons (Fsp3) is 0.148. The number of anilines is 2. The van der Waals surface area contributed by atoms with E-state index in [0.717, 1.165) is 11.1 Å². The molecular formula is C27H26FN5O. The predicted molar refractivity (Wildman–Crippen MR) is 133 cm³/mol. The monoisotopic (exact) mass is 455 g/mol. The van der Waals surface area contributed by atoms with Gasteiger partial charge in [-0.05, 0) is 48.7 Å². The number of aryl methyl sites for hydroxylation is 2. The molecule has 4 rings (SSSR count). The van der Waals surface area contributed by atoms with Crippen molar-refractivity contribution in [3.63, 3.8) is 0 Å². The smallest absolute Gasteiger partial charge is 0.274 e. The summed E-state index contributed by atoms with van der Waals surface area (Å²) in [7, 11) is 0. The normalized spacial score (nSPS) is 11.0. The summed E-state index contributed by atoms with van der Waals surface area (Å²) in [6, 6.07) is 22.2. The van der Waals surface area contributed by atoms with E-state index >= 15 is 0 Å². The van der Waals surface area contributed by atoms with Gasteiger partial charge in [-0.1, -0.05) is 71.8 Å². The topological polar surface area (TPSA) is 71.8 Å². The van der Waals surface area contributed by atoms with Crippen molar-refractivity contribution in [3.05, 3.63) is 113 Å². The largest absolute Gasteiger partial charge is 0.350 e. The summed E-state index contributed by atoms with van der Waals surface area (Å²) in [5.41, 5.74) is 5.21. The lowest BCUT2D eigenvalue weighted by Crippen LogP contribution is -2.14. The van der Waals surface area contributed by atoms with E-state index in [1.165, 1.54) is 34.0 Å². The number of nitrogens with one attached hydrogen (secondary N) is 2. The van der Waals surface area contributed by atoms with E-state index in [2.05, 4.69) is 20.7 Å². The third-order valence-corrected chi connectivity index (χ3v) is 5.25. The van der Waals surface area contributed by atoms with E-state index in [0.29, 0.717) is 30.5 Å². The molecule has 0 aliphatic rings. The molecule has 0 saturated carbocycles. The van der Waals surface area contributed by atoms with Crippen LogP contribution in [0.1, 0.15) is 32.6 Å². The van der Waals surface area contributed by atoms with Crippen LogP contribution in [0.2, 0.25) is 0 Å². The van der Waals surface area contributed by atoms with Crippen LogP contribution in [0.25, 0.3) is 6.08 Å². The maximum atomic E-state index is 13.1. The molecule has 172 valence electrons. The average molecular weight is 456 g/mol. The molecule has 0 aliphatic carbocycles. The Labute approximate surface area is 198 Å². The number of nitrogens with zero attached hydrogens (tertiary/aromatic N) is 3. The average Bonchev–Trinajstić information content (AvgIpc) is 3.26. The molecule has 3 aromatic carbocycles. The van der Waals surface area contributed by atoms with Gasteiger partial charge in [0, 0.05) is 19.2 Å². The van der Waals surface area contributed by atoms with Crippen molar-refractivity contribution in [2.24, 2.45) is 0 Å². The maximum absolute atomic E-state index is 13.1. The number of hydrogen-bond donors (Lipinski definition) is 2. The van der Waals surface area contributed by atoms with Gasteiger partial charge in [0.2, 0.25) is 11.9 Å². The van der Waals surface area contributed by atoms with Crippen LogP contribution in [0.15, 0.2) is 78.9 Å². The predicted octanol–water partition coefficient (Wildman–Crippen LogP) is 5.61. The van der Waals surface area contributed by atoms with E-state index in [1.807, 2.05) is 62.4 Å². The third kappa shape index (κ3) is 6.16. The minimum Gasteiger partial charge on any atom is -0.350 e. The van der Waals surface area contributed by atoms with Crippen LogP contribution in [-0.4, -0.2) is 20.7 Å². The third-order valence-electron chi connectivity index (χ3n) is 5.25. The zero-order chi connectivity index (χ0) is 23.9. The second-order valence-corrected chi connectivity index (χ2v) is 8.07. The summed E-state index contributed by atoms with van der Waals surface area (Å²) < 4.78 is 14.4. The Hall–Kier alpha value is -4.26. The standard InChI is InChI=1S/C27H26FN5O/c1-19-3-7-22(8-4-19)17-29-26-31-27(30-18-23-9-5-20(2)6-10-23)33(32-26)25(34)16-13-21-11-14-24(28)15-12-21/h3-16H,17-18H2,1-2H3,(H2,29,30,31,32). The van der Waals surface area contributed by atoms with E-state index in [4.69, 9.17) is 0 Å². The van der Waals surface area contributed by atoms with Crippen molar-refractivity contribution in [2.45, 2.75) is 26.9 Å². The molecule has 0 spiro atoms. The number of halogens is 1. The van der Waals surface area contributed by atoms with Crippen molar-refractivity contribution in [1.29, 1.82) is 0 Å². The first kappa shape index (κ1) is 22.9. The SMILES string of the molecule is Cc1ccc(CNc2nc(NCc3ccc(C)cc3)n(C(=O)C=Cc3ccc(F)cc3)n2)cc1. The quantitative estimate of drug-likeness (QED) is 0.338. The van der Waals surface area contributed by atoms with Gasteiger partial charge in [-0.25, -0.2) is 4.39 Å². The minimum atomic E-state index is -0.369. The first-order chi connectivity index (χ1) is 16.5. The highest BCUT2D eigenvalue weighted by atomic mass is 19.1. The number of benzene rings is 3. The van der Waals surface area contributed by atoms with Gasteiger partial charge in [0.1, 0.15) is 5.82 Å². The van der Waals surface area contributed by atoms with Gasteiger partial charge in [-0.3, -0.25) is 4.79 Å². The zero-order valence-corrected chi connectivity index (χ0v) is 19.1. The highest BCUT2D eigenvalue weighted by Crippen LogP contribution is 2.14. The van der Waals surface area contributed by atoms with E-state index in [-0.39, 0.29) is 11.7 Å². The van der Waals surface area contributed by atoms with Crippen molar-refractivity contribution >= 4 is 23.9 Å². The Balaban J connectivity index is 1.52. The Bertz CT molecular complexity index is 1280. The molecule has 0 amide bonds.